The standard InChI is InChI=1S/C29H32N4O7/c1-37-23-11-7-22(8-12-23)32-29(36)19-40-24-9-4-21(5-10-24)18-31-33-28(35)17-27(34)30-15-14-20-6-13-25(38-2)26(16-20)39-3/h4-13,16,18H,14-15,17,19H2,1-3H3,(H,30,34)(H,32,36)(H,33,35)/b31-18+. The van der Waals surface area contributed by atoms with Crippen LogP contribution in [0.1, 0.15) is 17.5 Å². The molecule has 40 heavy (non-hydrogen) atoms. The Morgan fingerprint density at radius 3 is 2.15 bits per heavy atom. The summed E-state index contributed by atoms with van der Waals surface area (Å²) in [6.45, 7) is 0.203. The highest BCUT2D eigenvalue weighted by Gasteiger charge is 2.09. The Balaban J connectivity index is 1.34. The molecule has 3 amide bonds. The zero-order valence-electron chi connectivity index (χ0n) is 22.6. The molecule has 0 spiro atoms. The zero-order valence-corrected chi connectivity index (χ0v) is 22.6. The van der Waals surface area contributed by atoms with Gasteiger partial charge in [-0.25, -0.2) is 5.43 Å². The van der Waals surface area contributed by atoms with Gasteiger partial charge in [0.25, 0.3) is 5.91 Å². The number of benzene rings is 3. The molecule has 0 atom stereocenters. The van der Waals surface area contributed by atoms with Crippen LogP contribution in [0.15, 0.2) is 71.8 Å². The quantitative estimate of drug-likeness (QED) is 0.160. The Labute approximate surface area is 232 Å². The smallest absolute Gasteiger partial charge is 0.262 e. The largest absolute Gasteiger partial charge is 0.497 e. The van der Waals surface area contributed by atoms with Gasteiger partial charge in [-0.05, 0) is 78.2 Å². The molecular weight excluding hydrogens is 516 g/mol. The number of ether oxygens (including phenoxy) is 4. The highest BCUT2D eigenvalue weighted by atomic mass is 16.5. The lowest BCUT2D eigenvalue weighted by Crippen LogP contribution is -2.31. The molecular formula is C29H32N4O7. The predicted octanol–water partition coefficient (Wildman–Crippen LogP) is 2.93. The number of nitrogens with zero attached hydrogens (tertiary/aromatic N) is 1. The lowest BCUT2D eigenvalue weighted by molar-refractivity contribution is -0.129. The summed E-state index contributed by atoms with van der Waals surface area (Å²) in [4.78, 5) is 36.2. The van der Waals surface area contributed by atoms with Crippen molar-refractivity contribution in [2.24, 2.45) is 5.10 Å². The normalized spacial score (nSPS) is 10.5. The van der Waals surface area contributed by atoms with Crippen LogP contribution in [-0.4, -0.2) is 58.4 Å². The van der Waals surface area contributed by atoms with Crippen molar-refractivity contribution in [2.75, 3.05) is 39.8 Å². The van der Waals surface area contributed by atoms with E-state index in [1.165, 1.54) is 6.21 Å². The van der Waals surface area contributed by atoms with Crippen LogP contribution in [0.4, 0.5) is 5.69 Å². The summed E-state index contributed by atoms with van der Waals surface area (Å²) >= 11 is 0. The number of hydrogen-bond acceptors (Lipinski definition) is 8. The van der Waals surface area contributed by atoms with E-state index < -0.39 is 11.8 Å². The minimum atomic E-state index is -0.539. The maximum atomic E-state index is 12.1. The summed E-state index contributed by atoms with van der Waals surface area (Å²) in [5.74, 6) is 1.18. The van der Waals surface area contributed by atoms with Crippen LogP contribution < -0.4 is 35.0 Å². The number of anilines is 1. The summed E-state index contributed by atoms with van der Waals surface area (Å²) in [5, 5.41) is 9.32. The lowest BCUT2D eigenvalue weighted by atomic mass is 10.1. The lowest BCUT2D eigenvalue weighted by Gasteiger charge is -2.10. The van der Waals surface area contributed by atoms with Crippen molar-refractivity contribution in [1.29, 1.82) is 0 Å². The van der Waals surface area contributed by atoms with Crippen LogP contribution >= 0.6 is 0 Å². The molecule has 0 unspecified atom stereocenters. The van der Waals surface area contributed by atoms with Crippen molar-refractivity contribution in [3.63, 3.8) is 0 Å². The molecule has 3 rings (SSSR count). The van der Waals surface area contributed by atoms with Gasteiger partial charge in [-0.1, -0.05) is 6.07 Å². The molecule has 0 aliphatic rings. The van der Waals surface area contributed by atoms with Crippen molar-refractivity contribution < 1.29 is 33.3 Å². The first-order chi connectivity index (χ1) is 19.4. The fraction of sp³-hybridized carbons (Fsp3) is 0.241. The first kappa shape index (κ1) is 29.5. The van der Waals surface area contributed by atoms with Gasteiger partial charge in [0, 0.05) is 12.2 Å². The van der Waals surface area contributed by atoms with Gasteiger partial charge in [0.2, 0.25) is 11.8 Å². The number of amides is 3. The molecule has 3 aromatic rings. The number of carbonyl (C=O) groups excluding carboxylic acids is 3. The summed E-state index contributed by atoms with van der Waals surface area (Å²) in [6.07, 6.45) is 1.65. The van der Waals surface area contributed by atoms with E-state index >= 15 is 0 Å². The van der Waals surface area contributed by atoms with Crippen LogP contribution in [0.25, 0.3) is 0 Å². The average molecular weight is 549 g/mol. The third kappa shape index (κ3) is 9.67. The van der Waals surface area contributed by atoms with Crippen molar-refractivity contribution in [2.45, 2.75) is 12.8 Å². The zero-order chi connectivity index (χ0) is 28.7. The van der Waals surface area contributed by atoms with Gasteiger partial charge in [-0.15, -0.1) is 0 Å². The molecule has 0 bridgehead atoms. The van der Waals surface area contributed by atoms with Crippen LogP contribution in [0.2, 0.25) is 0 Å². The average Bonchev–Trinajstić information content (AvgIpc) is 2.97. The van der Waals surface area contributed by atoms with Gasteiger partial charge in [-0.3, -0.25) is 14.4 Å². The van der Waals surface area contributed by atoms with Gasteiger partial charge in [0.1, 0.15) is 17.9 Å². The van der Waals surface area contributed by atoms with E-state index in [2.05, 4.69) is 21.2 Å². The molecule has 0 aromatic heterocycles. The maximum absolute atomic E-state index is 12.1. The molecule has 11 nitrogen and oxygen atoms in total. The van der Waals surface area contributed by atoms with Crippen LogP contribution in [0.5, 0.6) is 23.0 Å². The predicted molar refractivity (Wildman–Crippen MR) is 150 cm³/mol. The van der Waals surface area contributed by atoms with E-state index in [1.807, 2.05) is 12.1 Å². The first-order valence-corrected chi connectivity index (χ1v) is 12.4. The Bertz CT molecular complexity index is 1310. The van der Waals surface area contributed by atoms with Gasteiger partial charge in [-0.2, -0.15) is 5.10 Å². The number of nitrogens with one attached hydrogen (secondary N) is 3. The summed E-state index contributed by atoms with van der Waals surface area (Å²) < 4.78 is 21.1. The van der Waals surface area contributed by atoms with E-state index in [9.17, 15) is 14.4 Å². The highest BCUT2D eigenvalue weighted by Crippen LogP contribution is 2.27. The minimum Gasteiger partial charge on any atom is -0.497 e. The third-order valence-electron chi connectivity index (χ3n) is 5.53. The van der Waals surface area contributed by atoms with E-state index in [-0.39, 0.29) is 18.9 Å². The van der Waals surface area contributed by atoms with Crippen molar-refractivity contribution >= 4 is 29.6 Å². The van der Waals surface area contributed by atoms with E-state index in [0.29, 0.717) is 47.2 Å². The molecule has 11 heteroatoms. The summed E-state index contributed by atoms with van der Waals surface area (Å²) in [5.41, 5.74) is 4.61. The van der Waals surface area contributed by atoms with E-state index in [4.69, 9.17) is 18.9 Å². The molecule has 3 aromatic carbocycles. The van der Waals surface area contributed by atoms with Crippen molar-refractivity contribution in [3.05, 3.63) is 77.9 Å². The molecule has 210 valence electrons. The SMILES string of the molecule is COc1ccc(NC(=O)COc2ccc(/C=N/NC(=O)CC(=O)NCCc3ccc(OC)c(OC)c3)cc2)cc1. The van der Waals surface area contributed by atoms with E-state index in [1.54, 1.807) is 75.9 Å². The Morgan fingerprint density at radius 1 is 0.775 bits per heavy atom. The fourth-order valence-electron chi connectivity index (χ4n) is 3.48. The second-order valence-corrected chi connectivity index (χ2v) is 8.39. The number of hydrazone groups is 1. The molecule has 0 aliphatic heterocycles. The molecule has 0 saturated heterocycles. The number of rotatable bonds is 14. The molecule has 0 fully saturated rings. The van der Waals surface area contributed by atoms with Crippen LogP contribution in [0.3, 0.4) is 0 Å². The number of methoxy groups -OCH3 is 3. The highest BCUT2D eigenvalue weighted by molar-refractivity contribution is 5.97. The maximum Gasteiger partial charge on any atom is 0.262 e. The second kappa shape index (κ2) is 15.4. The number of carbonyl (C=O) groups is 3. The van der Waals surface area contributed by atoms with Gasteiger partial charge < -0.3 is 29.6 Å². The van der Waals surface area contributed by atoms with Gasteiger partial charge in [0.15, 0.2) is 18.1 Å². The summed E-state index contributed by atoms with van der Waals surface area (Å²) in [7, 11) is 4.69. The monoisotopic (exact) mass is 548 g/mol. The van der Waals surface area contributed by atoms with Crippen LogP contribution in [0, 0.1) is 0 Å². The first-order valence-electron chi connectivity index (χ1n) is 12.4. The third-order valence-corrected chi connectivity index (χ3v) is 5.53. The number of hydrogen-bond donors (Lipinski definition) is 3. The van der Waals surface area contributed by atoms with Crippen molar-refractivity contribution in [1.82, 2.24) is 10.7 Å². The summed E-state index contributed by atoms with van der Waals surface area (Å²) in [6, 6.07) is 19.3. The Kier molecular flexibility index (Phi) is 11.3. The molecule has 0 aliphatic carbocycles. The van der Waals surface area contributed by atoms with Gasteiger partial charge in [0.05, 0.1) is 27.5 Å². The minimum absolute atomic E-state index is 0.161. The van der Waals surface area contributed by atoms with E-state index in [0.717, 1.165) is 5.56 Å². The molecule has 0 heterocycles. The Hall–Kier alpha value is -5.06. The molecule has 0 radical (unpaired) electrons. The Morgan fingerprint density at radius 2 is 1.48 bits per heavy atom. The van der Waals surface area contributed by atoms with Crippen LogP contribution in [-0.2, 0) is 20.8 Å². The second-order valence-electron chi connectivity index (χ2n) is 8.39. The molecule has 0 saturated carbocycles. The topological polar surface area (TPSA) is 137 Å². The molecule has 3 N–H and O–H groups in total. The van der Waals surface area contributed by atoms with Gasteiger partial charge >= 0.3 is 0 Å². The fourth-order valence-corrected chi connectivity index (χ4v) is 3.48. The van der Waals surface area contributed by atoms with Crippen molar-refractivity contribution in [3.8, 4) is 23.0 Å².